The van der Waals surface area contributed by atoms with E-state index >= 15 is 0 Å². The van der Waals surface area contributed by atoms with E-state index in [2.05, 4.69) is 19.1 Å². The van der Waals surface area contributed by atoms with Crippen LogP contribution in [-0.2, 0) is 6.42 Å². The van der Waals surface area contributed by atoms with Crippen LogP contribution in [0, 0.1) is 0 Å². The molecule has 0 amide bonds. The van der Waals surface area contributed by atoms with Crippen molar-refractivity contribution >= 4 is 0 Å². The number of aliphatic hydroxyl groups excluding tert-OH is 1. The Balaban J connectivity index is 1.76. The van der Waals surface area contributed by atoms with Gasteiger partial charge in [0.15, 0.2) is 0 Å². The molecule has 2 rings (SSSR count). The first-order chi connectivity index (χ1) is 11.8. The number of ether oxygens (including phenoxy) is 1. The van der Waals surface area contributed by atoms with Gasteiger partial charge >= 0.3 is 0 Å². The van der Waals surface area contributed by atoms with Crippen molar-refractivity contribution in [2.45, 2.75) is 58.0 Å². The Hall–Kier alpha value is -1.80. The van der Waals surface area contributed by atoms with Crippen molar-refractivity contribution in [2.24, 2.45) is 0 Å². The fourth-order valence-electron chi connectivity index (χ4n) is 2.82. The summed E-state index contributed by atoms with van der Waals surface area (Å²) in [4.78, 5) is 0. The van der Waals surface area contributed by atoms with Gasteiger partial charge in [-0.15, -0.1) is 0 Å². The average Bonchev–Trinajstić information content (AvgIpc) is 2.64. The molecular formula is C22H30O2. The third-order valence-corrected chi connectivity index (χ3v) is 4.31. The van der Waals surface area contributed by atoms with Gasteiger partial charge < -0.3 is 9.84 Å². The minimum absolute atomic E-state index is 0.446. The second-order valence-electron chi connectivity index (χ2n) is 6.38. The number of hydrogen-bond acceptors (Lipinski definition) is 2. The van der Waals surface area contributed by atoms with Gasteiger partial charge in [0.2, 0.25) is 0 Å². The van der Waals surface area contributed by atoms with Crippen molar-refractivity contribution in [2.75, 3.05) is 6.61 Å². The van der Waals surface area contributed by atoms with E-state index in [1.807, 2.05) is 42.5 Å². The molecule has 2 heteroatoms. The number of rotatable bonds is 11. The fourth-order valence-corrected chi connectivity index (χ4v) is 2.82. The summed E-state index contributed by atoms with van der Waals surface area (Å²) >= 11 is 0. The Morgan fingerprint density at radius 2 is 1.71 bits per heavy atom. The molecule has 0 unspecified atom stereocenters. The zero-order chi connectivity index (χ0) is 17.0. The van der Waals surface area contributed by atoms with Gasteiger partial charge in [0, 0.05) is 0 Å². The lowest BCUT2D eigenvalue weighted by atomic mass is 10.0. The first-order valence-corrected chi connectivity index (χ1v) is 9.24. The molecule has 0 aliphatic rings. The molecule has 0 aliphatic heterocycles. The second-order valence-corrected chi connectivity index (χ2v) is 6.38. The van der Waals surface area contributed by atoms with Crippen LogP contribution >= 0.6 is 0 Å². The van der Waals surface area contributed by atoms with Crippen molar-refractivity contribution < 1.29 is 9.84 Å². The van der Waals surface area contributed by atoms with Crippen molar-refractivity contribution in [3.8, 4) is 5.75 Å². The van der Waals surface area contributed by atoms with E-state index in [1.54, 1.807) is 0 Å². The molecular weight excluding hydrogens is 296 g/mol. The summed E-state index contributed by atoms with van der Waals surface area (Å²) in [5, 5.41) is 10.4. The molecule has 0 spiro atoms. The van der Waals surface area contributed by atoms with Gasteiger partial charge in [0.1, 0.15) is 5.75 Å². The summed E-state index contributed by atoms with van der Waals surface area (Å²) in [6.45, 7) is 2.98. The monoisotopic (exact) mass is 326 g/mol. The van der Waals surface area contributed by atoms with E-state index in [1.165, 1.54) is 31.2 Å². The van der Waals surface area contributed by atoms with Crippen molar-refractivity contribution in [3.63, 3.8) is 0 Å². The number of aliphatic hydroxyl groups is 1. The van der Waals surface area contributed by atoms with Crippen LogP contribution in [-0.4, -0.2) is 11.7 Å². The molecule has 0 bridgehead atoms. The maximum absolute atomic E-state index is 10.4. The largest absolute Gasteiger partial charge is 0.494 e. The van der Waals surface area contributed by atoms with E-state index in [9.17, 15) is 5.11 Å². The molecule has 0 fully saturated rings. The molecule has 0 saturated heterocycles. The molecule has 130 valence electrons. The Morgan fingerprint density at radius 1 is 0.917 bits per heavy atom. The lowest BCUT2D eigenvalue weighted by Gasteiger charge is -2.13. The third kappa shape index (κ3) is 6.76. The van der Waals surface area contributed by atoms with E-state index in [0.29, 0.717) is 0 Å². The van der Waals surface area contributed by atoms with E-state index < -0.39 is 6.10 Å². The van der Waals surface area contributed by atoms with Gasteiger partial charge in [-0.3, -0.25) is 0 Å². The summed E-state index contributed by atoms with van der Waals surface area (Å²) < 4.78 is 5.83. The molecule has 0 radical (unpaired) electrons. The van der Waals surface area contributed by atoms with Crippen LogP contribution in [0.3, 0.4) is 0 Å². The highest BCUT2D eigenvalue weighted by molar-refractivity contribution is 5.30. The molecule has 1 atom stereocenters. The van der Waals surface area contributed by atoms with Crippen LogP contribution in [0.4, 0.5) is 0 Å². The summed E-state index contributed by atoms with van der Waals surface area (Å²) in [6.07, 6.45) is 7.35. The molecule has 1 N–H and O–H groups in total. The van der Waals surface area contributed by atoms with Gasteiger partial charge in [-0.05, 0) is 42.5 Å². The zero-order valence-corrected chi connectivity index (χ0v) is 14.8. The van der Waals surface area contributed by atoms with Crippen LogP contribution in [0.15, 0.2) is 54.6 Å². The zero-order valence-electron chi connectivity index (χ0n) is 14.8. The smallest absolute Gasteiger partial charge is 0.119 e. The topological polar surface area (TPSA) is 29.5 Å². The quantitative estimate of drug-likeness (QED) is 0.537. The third-order valence-electron chi connectivity index (χ3n) is 4.31. The lowest BCUT2D eigenvalue weighted by molar-refractivity contribution is 0.167. The molecule has 2 aromatic carbocycles. The number of aryl methyl sites for hydroxylation is 1. The Morgan fingerprint density at radius 3 is 2.50 bits per heavy atom. The molecule has 0 aromatic heterocycles. The predicted octanol–water partition coefficient (Wildman–Crippen LogP) is 5.70. The molecule has 0 aliphatic carbocycles. The first kappa shape index (κ1) is 18.5. The van der Waals surface area contributed by atoms with Gasteiger partial charge in [0.05, 0.1) is 12.7 Å². The van der Waals surface area contributed by atoms with Gasteiger partial charge in [-0.25, -0.2) is 0 Å². The summed E-state index contributed by atoms with van der Waals surface area (Å²) in [7, 11) is 0. The Kier molecular flexibility index (Phi) is 8.40. The molecule has 0 heterocycles. The van der Waals surface area contributed by atoms with E-state index in [-0.39, 0.29) is 0 Å². The minimum atomic E-state index is -0.446. The van der Waals surface area contributed by atoms with Crippen LogP contribution in [0.25, 0.3) is 0 Å². The maximum Gasteiger partial charge on any atom is 0.119 e. The van der Waals surface area contributed by atoms with Crippen molar-refractivity contribution in [1.82, 2.24) is 0 Å². The van der Waals surface area contributed by atoms with Gasteiger partial charge in [0.25, 0.3) is 0 Å². The summed E-state index contributed by atoms with van der Waals surface area (Å²) in [6, 6.07) is 18.2. The summed E-state index contributed by atoms with van der Waals surface area (Å²) in [5.41, 5.74) is 2.20. The van der Waals surface area contributed by atoms with Crippen LogP contribution in [0.2, 0.25) is 0 Å². The maximum atomic E-state index is 10.4. The lowest BCUT2D eigenvalue weighted by Crippen LogP contribution is -2.02. The van der Waals surface area contributed by atoms with E-state index in [4.69, 9.17) is 4.74 Å². The minimum Gasteiger partial charge on any atom is -0.494 e. The Bertz CT molecular complexity index is 565. The van der Waals surface area contributed by atoms with Crippen LogP contribution in [0.1, 0.15) is 62.7 Å². The standard InChI is InChI=1S/C22H30O2/c1-2-3-4-5-9-17-24-21-14-10-13-20(18-21)22(23)16-15-19-11-7-6-8-12-19/h6-8,10-14,18,22-23H,2-5,9,15-17H2,1H3/t22-/m1/s1. The van der Waals surface area contributed by atoms with E-state index in [0.717, 1.165) is 37.2 Å². The number of hydrogen-bond donors (Lipinski definition) is 1. The average molecular weight is 326 g/mol. The normalized spacial score (nSPS) is 12.1. The highest BCUT2D eigenvalue weighted by atomic mass is 16.5. The number of benzene rings is 2. The molecule has 2 aromatic rings. The summed E-state index contributed by atoms with van der Waals surface area (Å²) in [5.74, 6) is 0.863. The van der Waals surface area contributed by atoms with Gasteiger partial charge in [-0.2, -0.15) is 0 Å². The van der Waals surface area contributed by atoms with Gasteiger partial charge in [-0.1, -0.05) is 75.1 Å². The first-order valence-electron chi connectivity index (χ1n) is 9.24. The molecule has 0 saturated carbocycles. The number of unbranched alkanes of at least 4 members (excludes halogenated alkanes) is 4. The van der Waals surface area contributed by atoms with Crippen molar-refractivity contribution in [1.29, 1.82) is 0 Å². The van der Waals surface area contributed by atoms with Crippen LogP contribution in [0.5, 0.6) is 5.75 Å². The molecule has 24 heavy (non-hydrogen) atoms. The molecule has 2 nitrogen and oxygen atoms in total. The predicted molar refractivity (Wildman–Crippen MR) is 100 cm³/mol. The fraction of sp³-hybridized carbons (Fsp3) is 0.455. The second kappa shape index (κ2) is 10.9. The van der Waals surface area contributed by atoms with Crippen molar-refractivity contribution in [3.05, 3.63) is 65.7 Å². The Labute approximate surface area is 146 Å². The SMILES string of the molecule is CCCCCCCOc1cccc([C@H](O)CCc2ccccc2)c1. The highest BCUT2D eigenvalue weighted by Crippen LogP contribution is 2.23. The van der Waals surface area contributed by atoms with Crippen LogP contribution < -0.4 is 4.74 Å². The highest BCUT2D eigenvalue weighted by Gasteiger charge is 2.09.